The maximum atomic E-state index is 13.6. The van der Waals surface area contributed by atoms with Gasteiger partial charge in [-0.25, -0.2) is 14.1 Å². The van der Waals surface area contributed by atoms with E-state index >= 15 is 0 Å². The van der Waals surface area contributed by atoms with Gasteiger partial charge in [-0.3, -0.25) is 9.59 Å². The molecule has 1 aliphatic rings. The molecule has 0 saturated heterocycles. The maximum absolute atomic E-state index is 13.6. The number of carbonyl (C=O) groups excluding carboxylic acids is 2. The Bertz CT molecular complexity index is 760. The molecule has 143 valence electrons. The van der Waals surface area contributed by atoms with Gasteiger partial charge in [0.1, 0.15) is 5.75 Å². The van der Waals surface area contributed by atoms with Crippen molar-refractivity contribution < 1.29 is 53.8 Å². The number of rotatable bonds is 3. The van der Waals surface area contributed by atoms with Crippen LogP contribution >= 0.6 is 0 Å². The number of halogens is 9. The van der Waals surface area contributed by atoms with Gasteiger partial charge in [0.05, 0.1) is 16.9 Å². The highest BCUT2D eigenvalue weighted by Gasteiger charge is 2.66. The molecule has 0 bridgehead atoms. The van der Waals surface area contributed by atoms with E-state index in [9.17, 15) is 49.1 Å². The third-order valence-electron chi connectivity index (χ3n) is 2.99. The second kappa shape index (κ2) is 5.95. The molecule has 0 fully saturated rings. The van der Waals surface area contributed by atoms with Gasteiger partial charge in [0.25, 0.3) is 0 Å². The molecule has 5 nitrogen and oxygen atoms in total. The van der Waals surface area contributed by atoms with E-state index in [2.05, 4.69) is 10.1 Å². The monoisotopic (exact) mass is 395 g/mol. The Labute approximate surface area is 137 Å². The second-order valence-electron chi connectivity index (χ2n) is 4.78. The Morgan fingerprint density at radius 1 is 1.00 bits per heavy atom. The fourth-order valence-electron chi connectivity index (χ4n) is 1.79. The van der Waals surface area contributed by atoms with Crippen molar-refractivity contribution in [1.82, 2.24) is 5.32 Å². The largest absolute Gasteiger partial charge is 0.466 e. The summed E-state index contributed by atoms with van der Waals surface area (Å²) in [6, 6.07) is -0.0429. The van der Waals surface area contributed by atoms with E-state index in [0.29, 0.717) is 0 Å². The van der Waals surface area contributed by atoms with E-state index < -0.39 is 59.1 Å². The number of ether oxygens (including phenoxy) is 1. The van der Waals surface area contributed by atoms with Crippen molar-refractivity contribution in [3.63, 3.8) is 0 Å². The van der Waals surface area contributed by atoms with Gasteiger partial charge < -0.3 is 10.1 Å². The first-order chi connectivity index (χ1) is 11.7. The van der Waals surface area contributed by atoms with Crippen molar-refractivity contribution in [1.29, 1.82) is 0 Å². The zero-order chi connectivity index (χ0) is 20.1. The fraction of sp³-hybridized carbons (Fsp3) is 0.333. The average Bonchev–Trinajstić information content (AvgIpc) is 2.45. The summed E-state index contributed by atoms with van der Waals surface area (Å²) in [5.41, 5.74) is -3.70. The molecule has 1 aliphatic heterocycles. The van der Waals surface area contributed by atoms with E-state index in [0.717, 1.165) is 0 Å². The topological polar surface area (TPSA) is 69.5 Å². The van der Waals surface area contributed by atoms with Crippen LogP contribution in [-0.4, -0.2) is 30.3 Å². The zero-order valence-corrected chi connectivity index (χ0v) is 11.8. The molecule has 1 atom stereocenters. The Hall–Kier alpha value is -2.67. The van der Waals surface area contributed by atoms with Crippen LogP contribution in [0.4, 0.5) is 50.9 Å². The molecule has 0 aliphatic carbocycles. The first-order valence-electron chi connectivity index (χ1n) is 6.22. The highest BCUT2D eigenvalue weighted by atomic mass is 19.4. The third-order valence-corrected chi connectivity index (χ3v) is 2.99. The number of nitrogens with one attached hydrogen (secondary N) is 1. The summed E-state index contributed by atoms with van der Waals surface area (Å²) in [6.07, 6.45) is -16.8. The highest BCUT2D eigenvalue weighted by Crippen LogP contribution is 2.47. The predicted octanol–water partition coefficient (Wildman–Crippen LogP) is 3.29. The van der Waals surface area contributed by atoms with Crippen LogP contribution in [0.2, 0.25) is 0 Å². The van der Waals surface area contributed by atoms with Crippen LogP contribution in [0, 0.1) is 0 Å². The number of amides is 2. The zero-order valence-electron chi connectivity index (χ0n) is 11.8. The van der Waals surface area contributed by atoms with Crippen LogP contribution in [-0.2, 0) is 15.8 Å². The molecule has 1 unspecified atom stereocenters. The number of alkyl halides is 9. The van der Waals surface area contributed by atoms with Gasteiger partial charge in [0.15, 0.2) is 0 Å². The Kier molecular flexibility index (Phi) is 4.50. The van der Waals surface area contributed by atoms with E-state index in [4.69, 9.17) is 0 Å². The molecule has 2 amide bonds. The van der Waals surface area contributed by atoms with Gasteiger partial charge in [0, 0.05) is 6.07 Å². The molecule has 1 aromatic carbocycles. The number of benzene rings is 1. The van der Waals surface area contributed by atoms with Crippen molar-refractivity contribution in [2.75, 3.05) is 5.32 Å². The molecular formula is C12H4F9N2O3. The Morgan fingerprint density at radius 2 is 1.58 bits per heavy atom. The van der Waals surface area contributed by atoms with Crippen LogP contribution in [0.3, 0.4) is 0 Å². The normalized spacial score (nSPS) is 17.3. The summed E-state index contributed by atoms with van der Waals surface area (Å²) in [7, 11) is 0. The van der Waals surface area contributed by atoms with E-state index in [1.54, 1.807) is 5.32 Å². The van der Waals surface area contributed by atoms with Crippen LogP contribution in [0.1, 0.15) is 5.56 Å². The molecule has 1 N–H and O–H groups in total. The smallest absolute Gasteiger partial charge is 0.445 e. The summed E-state index contributed by atoms with van der Waals surface area (Å²) < 4.78 is 119. The lowest BCUT2D eigenvalue weighted by molar-refractivity contribution is -0.340. The van der Waals surface area contributed by atoms with Gasteiger partial charge in [-0.2, -0.15) is 30.7 Å². The molecule has 0 spiro atoms. The average molecular weight is 395 g/mol. The van der Waals surface area contributed by atoms with Crippen LogP contribution in [0.15, 0.2) is 12.1 Å². The van der Waals surface area contributed by atoms with Gasteiger partial charge in [-0.15, -0.1) is 0 Å². The van der Waals surface area contributed by atoms with Crippen LogP contribution in [0.5, 0.6) is 5.75 Å². The molecule has 1 aromatic rings. The molecule has 0 saturated carbocycles. The minimum absolute atomic E-state index is 0.0159. The summed E-state index contributed by atoms with van der Waals surface area (Å²) in [4.78, 5) is 22.2. The standard InChI is InChI=1S/C12H4F9N2O3/c13-9(14)10(15,12(19,20)21)26-6-2-5-4(1-3(6)11(16,17)18)22-7(24)8(25)23-5/h1-2,9H,(H,22,24). The summed E-state index contributed by atoms with van der Waals surface area (Å²) in [5.74, 6) is -10.7. The lowest BCUT2D eigenvalue weighted by Gasteiger charge is -2.29. The predicted molar refractivity (Wildman–Crippen MR) is 63.4 cm³/mol. The summed E-state index contributed by atoms with van der Waals surface area (Å²) in [5, 5.41) is 4.62. The van der Waals surface area contributed by atoms with Gasteiger partial charge >= 0.3 is 36.4 Å². The summed E-state index contributed by atoms with van der Waals surface area (Å²) >= 11 is 0. The van der Waals surface area contributed by atoms with Crippen LogP contribution < -0.4 is 15.4 Å². The minimum Gasteiger partial charge on any atom is -0.445 e. The number of hydrogen-bond acceptors (Lipinski definition) is 3. The number of carbonyl (C=O) groups is 2. The SMILES string of the molecule is O=C1[N]c2cc(OC(F)(C(F)F)C(F)(F)F)c(C(F)(F)F)cc2NC1=O. The van der Waals surface area contributed by atoms with Gasteiger partial charge in [0.2, 0.25) is 0 Å². The molecule has 2 rings (SSSR count). The van der Waals surface area contributed by atoms with Gasteiger partial charge in [-0.1, -0.05) is 0 Å². The number of fused-ring (bicyclic) bond motifs is 1. The van der Waals surface area contributed by atoms with E-state index in [-0.39, 0.29) is 12.1 Å². The molecule has 1 radical (unpaired) electrons. The first-order valence-corrected chi connectivity index (χ1v) is 6.22. The lowest BCUT2D eigenvalue weighted by Crippen LogP contribution is -2.52. The fourth-order valence-corrected chi connectivity index (χ4v) is 1.79. The van der Waals surface area contributed by atoms with Gasteiger partial charge in [-0.05, 0) is 6.07 Å². The first kappa shape index (κ1) is 19.7. The Morgan fingerprint density at radius 3 is 2.04 bits per heavy atom. The molecule has 1 heterocycles. The van der Waals surface area contributed by atoms with Crippen molar-refractivity contribution in [3.8, 4) is 5.75 Å². The Balaban J connectivity index is 2.62. The number of hydrogen-bond donors (Lipinski definition) is 1. The molecule has 0 aromatic heterocycles. The lowest BCUT2D eigenvalue weighted by atomic mass is 10.1. The van der Waals surface area contributed by atoms with E-state index in [1.807, 2.05) is 0 Å². The third kappa shape index (κ3) is 3.35. The van der Waals surface area contributed by atoms with Crippen molar-refractivity contribution in [3.05, 3.63) is 17.7 Å². The molecule has 14 heteroatoms. The minimum atomic E-state index is -6.39. The van der Waals surface area contributed by atoms with Crippen LogP contribution in [0.25, 0.3) is 0 Å². The number of nitrogens with zero attached hydrogens (tertiary/aromatic N) is 1. The maximum Gasteiger partial charge on any atom is 0.466 e. The quantitative estimate of drug-likeness (QED) is 0.631. The number of anilines is 1. The van der Waals surface area contributed by atoms with E-state index in [1.165, 1.54) is 0 Å². The summed E-state index contributed by atoms with van der Waals surface area (Å²) in [6.45, 7) is 0. The van der Waals surface area contributed by atoms with Crippen molar-refractivity contribution in [2.24, 2.45) is 0 Å². The van der Waals surface area contributed by atoms with Crippen molar-refractivity contribution in [2.45, 2.75) is 24.6 Å². The van der Waals surface area contributed by atoms with Crippen molar-refractivity contribution >= 4 is 23.2 Å². The second-order valence-corrected chi connectivity index (χ2v) is 4.78. The molecule has 26 heavy (non-hydrogen) atoms. The molecular weight excluding hydrogens is 391 g/mol. The highest BCUT2D eigenvalue weighted by molar-refractivity contribution is 6.42.